The molecule has 106 valence electrons. The minimum Gasteiger partial charge on any atom is -0.465 e. The predicted molar refractivity (Wildman–Crippen MR) is 67.2 cm³/mol. The molecule has 0 aromatic carbocycles. The van der Waals surface area contributed by atoms with E-state index in [1.54, 1.807) is 14.2 Å². The lowest BCUT2D eigenvalue weighted by atomic mass is 10.3. The molecular weight excluding hydrogens is 252 g/mol. The lowest BCUT2D eigenvalue weighted by Gasteiger charge is -2.33. The lowest BCUT2D eigenvalue weighted by Crippen LogP contribution is -2.48. The number of anilines is 1. The zero-order valence-corrected chi connectivity index (χ0v) is 11.0. The monoisotopic (exact) mass is 270 g/mol. The molecule has 2 N–H and O–H groups in total. The van der Waals surface area contributed by atoms with E-state index >= 15 is 0 Å². The Hall–Kier alpha value is -1.80. The van der Waals surface area contributed by atoms with Crippen LogP contribution in [0.25, 0.3) is 0 Å². The highest BCUT2D eigenvalue weighted by Gasteiger charge is 2.23. The molecule has 0 saturated carbocycles. The molecule has 2 heterocycles. The molecule has 0 bridgehead atoms. The maximum absolute atomic E-state index is 10.8. The molecule has 0 spiro atoms. The number of carboxylic acid groups (broad SMARTS) is 1. The summed E-state index contributed by atoms with van der Waals surface area (Å²) < 4.78 is 10.3. The van der Waals surface area contributed by atoms with Gasteiger partial charge in [-0.1, -0.05) is 0 Å². The highest BCUT2D eigenvalue weighted by Crippen LogP contribution is 2.21. The molecule has 0 unspecified atom stereocenters. The first-order valence-corrected chi connectivity index (χ1v) is 5.99. The fourth-order valence-corrected chi connectivity index (χ4v) is 2.09. The maximum atomic E-state index is 10.8. The standard InChI is InChI=1S/C11H18N4O4/c1-18-10(19-2)8-7-9(13-12-8)14-3-5-15(6-4-14)11(16)17/h7,10H,3-6H2,1-2H3,(H,12,13)(H,16,17). The summed E-state index contributed by atoms with van der Waals surface area (Å²) >= 11 is 0. The molecule has 1 aromatic heterocycles. The number of H-pyrrole nitrogens is 1. The molecule has 0 atom stereocenters. The Morgan fingerprint density at radius 1 is 1.37 bits per heavy atom. The van der Waals surface area contributed by atoms with Crippen molar-refractivity contribution in [1.29, 1.82) is 0 Å². The molecule has 1 amide bonds. The number of methoxy groups -OCH3 is 2. The molecule has 8 nitrogen and oxygen atoms in total. The first kappa shape index (κ1) is 13.6. The normalized spacial score (nSPS) is 16.2. The summed E-state index contributed by atoms with van der Waals surface area (Å²) in [6, 6.07) is 1.86. The molecule has 1 saturated heterocycles. The van der Waals surface area contributed by atoms with Crippen molar-refractivity contribution in [3.63, 3.8) is 0 Å². The second-order valence-electron chi connectivity index (χ2n) is 4.24. The second kappa shape index (κ2) is 5.89. The summed E-state index contributed by atoms with van der Waals surface area (Å²) in [5, 5.41) is 16.0. The lowest BCUT2D eigenvalue weighted by molar-refractivity contribution is -0.108. The molecular formula is C11H18N4O4. The number of ether oxygens (including phenoxy) is 2. The van der Waals surface area contributed by atoms with Gasteiger partial charge in [-0.2, -0.15) is 5.10 Å². The highest BCUT2D eigenvalue weighted by molar-refractivity contribution is 5.65. The average Bonchev–Trinajstić information content (AvgIpc) is 2.90. The largest absolute Gasteiger partial charge is 0.465 e. The van der Waals surface area contributed by atoms with Crippen molar-refractivity contribution in [3.05, 3.63) is 11.8 Å². The van der Waals surface area contributed by atoms with Crippen LogP contribution in [0.15, 0.2) is 6.07 Å². The predicted octanol–water partition coefficient (Wildman–Crippen LogP) is 0.501. The van der Waals surface area contributed by atoms with E-state index in [4.69, 9.17) is 14.6 Å². The van der Waals surface area contributed by atoms with Crippen molar-refractivity contribution in [2.24, 2.45) is 0 Å². The van der Waals surface area contributed by atoms with Crippen LogP contribution in [0.4, 0.5) is 10.6 Å². The molecule has 19 heavy (non-hydrogen) atoms. The Morgan fingerprint density at radius 2 is 2.00 bits per heavy atom. The van der Waals surface area contributed by atoms with Crippen molar-refractivity contribution < 1.29 is 19.4 Å². The number of nitrogens with one attached hydrogen (secondary N) is 1. The van der Waals surface area contributed by atoms with Gasteiger partial charge in [0.25, 0.3) is 0 Å². The van der Waals surface area contributed by atoms with E-state index in [1.165, 1.54) is 4.90 Å². The fraction of sp³-hybridized carbons (Fsp3) is 0.636. The number of rotatable bonds is 4. The van der Waals surface area contributed by atoms with Gasteiger partial charge in [0, 0.05) is 46.5 Å². The fourth-order valence-electron chi connectivity index (χ4n) is 2.09. The molecule has 1 fully saturated rings. The number of amides is 1. The minimum atomic E-state index is -0.874. The minimum absolute atomic E-state index is 0.471. The van der Waals surface area contributed by atoms with Crippen molar-refractivity contribution in [2.75, 3.05) is 45.3 Å². The van der Waals surface area contributed by atoms with E-state index in [1.807, 2.05) is 11.0 Å². The average molecular weight is 270 g/mol. The Bertz CT molecular complexity index is 424. The number of piperazine rings is 1. The van der Waals surface area contributed by atoms with Gasteiger partial charge in [-0.25, -0.2) is 4.79 Å². The molecule has 0 radical (unpaired) electrons. The summed E-state index contributed by atoms with van der Waals surface area (Å²) in [4.78, 5) is 14.3. The van der Waals surface area contributed by atoms with Crippen LogP contribution in [0.3, 0.4) is 0 Å². The van der Waals surface area contributed by atoms with Crippen LogP contribution in [-0.2, 0) is 9.47 Å². The molecule has 1 aliphatic rings. The zero-order chi connectivity index (χ0) is 13.8. The van der Waals surface area contributed by atoms with Crippen LogP contribution in [0.5, 0.6) is 0 Å². The maximum Gasteiger partial charge on any atom is 0.407 e. The van der Waals surface area contributed by atoms with Crippen molar-refractivity contribution in [1.82, 2.24) is 15.1 Å². The van der Waals surface area contributed by atoms with Gasteiger partial charge >= 0.3 is 6.09 Å². The van der Waals surface area contributed by atoms with Gasteiger partial charge < -0.3 is 24.4 Å². The second-order valence-corrected chi connectivity index (χ2v) is 4.24. The number of nitrogens with zero attached hydrogens (tertiary/aromatic N) is 3. The molecule has 1 aliphatic heterocycles. The van der Waals surface area contributed by atoms with Gasteiger partial charge in [-0.3, -0.25) is 5.10 Å². The number of aromatic nitrogens is 2. The highest BCUT2D eigenvalue weighted by atomic mass is 16.7. The third-order valence-electron chi connectivity index (χ3n) is 3.14. The number of hydrogen-bond acceptors (Lipinski definition) is 5. The molecule has 0 aliphatic carbocycles. The Kier molecular flexibility index (Phi) is 4.23. The van der Waals surface area contributed by atoms with Gasteiger partial charge in [0.2, 0.25) is 0 Å². The third kappa shape index (κ3) is 2.96. The topological polar surface area (TPSA) is 90.9 Å². The van der Waals surface area contributed by atoms with Crippen LogP contribution >= 0.6 is 0 Å². The van der Waals surface area contributed by atoms with Crippen molar-refractivity contribution in [3.8, 4) is 0 Å². The first-order chi connectivity index (χ1) is 9.15. The van der Waals surface area contributed by atoms with E-state index < -0.39 is 12.4 Å². The number of aromatic amines is 1. The van der Waals surface area contributed by atoms with E-state index in [-0.39, 0.29) is 0 Å². The van der Waals surface area contributed by atoms with Crippen LogP contribution in [-0.4, -0.2) is 66.7 Å². The molecule has 8 heteroatoms. The number of hydrogen-bond donors (Lipinski definition) is 2. The van der Waals surface area contributed by atoms with Crippen LogP contribution < -0.4 is 4.90 Å². The van der Waals surface area contributed by atoms with Crippen LogP contribution in [0, 0.1) is 0 Å². The van der Waals surface area contributed by atoms with Gasteiger partial charge in [0.15, 0.2) is 12.1 Å². The Balaban J connectivity index is 1.98. The first-order valence-electron chi connectivity index (χ1n) is 5.99. The molecule has 2 rings (SSSR count). The van der Waals surface area contributed by atoms with E-state index in [0.29, 0.717) is 26.2 Å². The Morgan fingerprint density at radius 3 is 2.53 bits per heavy atom. The van der Waals surface area contributed by atoms with Gasteiger partial charge in [0.1, 0.15) is 0 Å². The molecule has 1 aromatic rings. The van der Waals surface area contributed by atoms with Crippen LogP contribution in [0.2, 0.25) is 0 Å². The SMILES string of the molecule is COC(OC)c1cc(N2CCN(C(=O)O)CC2)n[nH]1. The van der Waals surface area contributed by atoms with Gasteiger partial charge in [-0.15, -0.1) is 0 Å². The summed E-state index contributed by atoms with van der Waals surface area (Å²) in [5.41, 5.74) is 0.737. The van der Waals surface area contributed by atoms with E-state index in [2.05, 4.69) is 10.2 Å². The van der Waals surface area contributed by atoms with E-state index in [0.717, 1.165) is 11.5 Å². The van der Waals surface area contributed by atoms with Gasteiger partial charge in [0.05, 0.1) is 5.69 Å². The number of carbonyl (C=O) groups is 1. The summed E-state index contributed by atoms with van der Waals surface area (Å²) in [6.07, 6.45) is -1.34. The zero-order valence-electron chi connectivity index (χ0n) is 11.0. The quantitative estimate of drug-likeness (QED) is 0.774. The van der Waals surface area contributed by atoms with E-state index in [9.17, 15) is 4.79 Å². The summed E-state index contributed by atoms with van der Waals surface area (Å²) in [7, 11) is 3.11. The van der Waals surface area contributed by atoms with Crippen molar-refractivity contribution >= 4 is 11.9 Å². The van der Waals surface area contributed by atoms with Crippen molar-refractivity contribution in [2.45, 2.75) is 6.29 Å². The van der Waals surface area contributed by atoms with Gasteiger partial charge in [-0.05, 0) is 0 Å². The smallest absolute Gasteiger partial charge is 0.407 e. The summed E-state index contributed by atoms with van der Waals surface area (Å²) in [6.45, 7) is 2.22. The Labute approximate surface area is 110 Å². The third-order valence-corrected chi connectivity index (χ3v) is 3.14. The van der Waals surface area contributed by atoms with Crippen LogP contribution in [0.1, 0.15) is 12.0 Å². The summed E-state index contributed by atoms with van der Waals surface area (Å²) in [5.74, 6) is 0.777.